The highest BCUT2D eigenvalue weighted by Gasteiger charge is 2.54. The minimum Gasteiger partial charge on any atom is -0.478 e. The van der Waals surface area contributed by atoms with Crippen molar-refractivity contribution in [3.05, 3.63) is 28.4 Å². The summed E-state index contributed by atoms with van der Waals surface area (Å²) >= 11 is 3.56. The van der Waals surface area contributed by atoms with Crippen molar-refractivity contribution in [1.82, 2.24) is 20.2 Å². The SMILES string of the molecule is CCC[n+]1c(N)cc(N)nc1SCC1=C(C(=O)O)N2C(=O)C(NC(=O)/C(=N\OC(C)(C)C(=O)O)c3csc(N)n3)[C@H]2SC1. The first kappa shape index (κ1) is 31.8. The van der Waals surface area contributed by atoms with E-state index in [-0.39, 0.29) is 33.8 Å². The molecular weight excluding hydrogens is 623 g/mol. The normalized spacial score (nSPS) is 18.6. The number of aliphatic carboxylic acids is 2. The van der Waals surface area contributed by atoms with Crippen molar-refractivity contribution < 1.29 is 38.8 Å². The zero-order valence-electron chi connectivity index (χ0n) is 23.3. The van der Waals surface area contributed by atoms with Gasteiger partial charge in [-0.05, 0) is 37.6 Å². The lowest BCUT2D eigenvalue weighted by Gasteiger charge is -2.49. The van der Waals surface area contributed by atoms with Crippen LogP contribution in [0.5, 0.6) is 0 Å². The van der Waals surface area contributed by atoms with E-state index in [0.717, 1.165) is 22.7 Å². The third-order valence-corrected chi connectivity index (χ3v) is 9.36. The molecule has 0 spiro atoms. The summed E-state index contributed by atoms with van der Waals surface area (Å²) in [5, 5.41) is 27.0. The van der Waals surface area contributed by atoms with Crippen LogP contribution in [0.25, 0.3) is 0 Å². The quantitative estimate of drug-likeness (QED) is 0.0444. The van der Waals surface area contributed by atoms with Gasteiger partial charge >= 0.3 is 17.1 Å². The Balaban J connectivity index is 1.54. The van der Waals surface area contributed by atoms with Gasteiger partial charge in [-0.3, -0.25) is 14.5 Å². The molecule has 0 saturated carbocycles. The van der Waals surface area contributed by atoms with Crippen LogP contribution >= 0.6 is 34.9 Å². The van der Waals surface area contributed by atoms with Crippen LogP contribution in [0.15, 0.2) is 33.0 Å². The zero-order valence-corrected chi connectivity index (χ0v) is 25.7. The number of thioether (sulfide) groups is 2. The van der Waals surface area contributed by atoms with E-state index in [2.05, 4.69) is 20.4 Å². The molecule has 0 bridgehead atoms. The molecule has 2 aromatic heterocycles. The van der Waals surface area contributed by atoms with Crippen molar-refractivity contribution in [2.75, 3.05) is 28.7 Å². The highest BCUT2D eigenvalue weighted by Crippen LogP contribution is 2.41. The third kappa shape index (κ3) is 6.62. The third-order valence-electron chi connectivity index (χ3n) is 6.28. The van der Waals surface area contributed by atoms with E-state index in [1.54, 1.807) is 10.6 Å². The molecule has 4 rings (SSSR count). The van der Waals surface area contributed by atoms with E-state index in [4.69, 9.17) is 22.0 Å². The van der Waals surface area contributed by atoms with Crippen LogP contribution in [-0.2, 0) is 30.6 Å². The maximum atomic E-state index is 13.3. The summed E-state index contributed by atoms with van der Waals surface area (Å²) in [5.41, 5.74) is 15.9. The Labute approximate surface area is 257 Å². The van der Waals surface area contributed by atoms with Crippen LogP contribution in [0, 0.1) is 0 Å². The Bertz CT molecular complexity index is 1540. The van der Waals surface area contributed by atoms with Crippen LogP contribution < -0.4 is 27.1 Å². The number of rotatable bonds is 12. The molecule has 1 fully saturated rings. The van der Waals surface area contributed by atoms with E-state index in [0.29, 0.717) is 23.1 Å². The zero-order chi connectivity index (χ0) is 31.6. The average Bonchev–Trinajstić information content (AvgIpc) is 3.36. The molecule has 16 nitrogen and oxygen atoms in total. The van der Waals surface area contributed by atoms with Gasteiger partial charge in [-0.25, -0.2) is 19.1 Å². The molecule has 43 heavy (non-hydrogen) atoms. The van der Waals surface area contributed by atoms with Gasteiger partial charge < -0.3 is 37.6 Å². The number of hydrogen-bond donors (Lipinski definition) is 6. The van der Waals surface area contributed by atoms with Gasteiger partial charge in [0.15, 0.2) is 10.8 Å². The van der Waals surface area contributed by atoms with E-state index in [9.17, 15) is 29.4 Å². The fourth-order valence-corrected chi connectivity index (χ4v) is 7.14. The molecule has 230 valence electrons. The summed E-state index contributed by atoms with van der Waals surface area (Å²) in [6.07, 6.45) is 0.787. The average molecular weight is 653 g/mol. The van der Waals surface area contributed by atoms with Gasteiger partial charge in [-0.1, -0.05) is 17.1 Å². The molecule has 1 saturated heterocycles. The van der Waals surface area contributed by atoms with Gasteiger partial charge in [0, 0.05) is 16.9 Å². The summed E-state index contributed by atoms with van der Waals surface area (Å²) in [6, 6.07) is 0.464. The lowest BCUT2D eigenvalue weighted by Crippen LogP contribution is -2.71. The molecule has 0 radical (unpaired) electrons. The molecule has 19 heteroatoms. The van der Waals surface area contributed by atoms with Crippen molar-refractivity contribution in [3.63, 3.8) is 0 Å². The van der Waals surface area contributed by atoms with Gasteiger partial charge in [0.25, 0.3) is 11.8 Å². The second kappa shape index (κ2) is 12.6. The molecule has 2 amide bonds. The maximum absolute atomic E-state index is 13.3. The number of amides is 2. The maximum Gasteiger partial charge on any atom is 0.352 e. The van der Waals surface area contributed by atoms with Crippen LogP contribution in [-0.4, -0.2) is 83.1 Å². The largest absolute Gasteiger partial charge is 0.478 e. The van der Waals surface area contributed by atoms with Gasteiger partial charge in [0.05, 0.1) is 12.6 Å². The van der Waals surface area contributed by atoms with Gasteiger partial charge in [0.2, 0.25) is 17.2 Å². The van der Waals surface area contributed by atoms with Crippen LogP contribution in [0.2, 0.25) is 0 Å². The van der Waals surface area contributed by atoms with Crippen LogP contribution in [0.3, 0.4) is 0 Å². The summed E-state index contributed by atoms with van der Waals surface area (Å²) in [6.45, 7) is 5.06. The first-order chi connectivity index (χ1) is 20.2. The number of nitrogens with two attached hydrogens (primary N) is 3. The first-order valence-electron chi connectivity index (χ1n) is 12.8. The Hall–Kier alpha value is -4.10. The standard InChI is InChI=1S/C24H29N9O7S3/c1-4-5-32-13(26)6-12(25)29-23(32)43-8-10-7-41-19-15(18(35)33(19)16(10)20(36)37)30-17(34)14(11-9-42-22(27)28-11)31-40-24(2,3)21(38)39/h6,9,15,19H,4-5,7-8H2,1-3H3,(H8,25,26,27,28,30,34,36,37,38,39)/p+1/b31-14-/t15?,19-/m1/s1. The fraction of sp³-hybridized carbons (Fsp3) is 0.417. The number of thiazole rings is 1. The molecule has 2 atom stereocenters. The molecule has 2 aliphatic heterocycles. The molecule has 2 aliphatic rings. The number of anilines is 3. The number of aromatic nitrogens is 3. The summed E-state index contributed by atoms with van der Waals surface area (Å²) < 4.78 is 1.79. The summed E-state index contributed by atoms with van der Waals surface area (Å²) in [7, 11) is 0. The molecule has 9 N–H and O–H groups in total. The van der Waals surface area contributed by atoms with Crippen LogP contribution in [0.1, 0.15) is 32.9 Å². The van der Waals surface area contributed by atoms with E-state index >= 15 is 0 Å². The monoisotopic (exact) mass is 652 g/mol. The predicted molar refractivity (Wildman–Crippen MR) is 160 cm³/mol. The molecule has 2 aromatic rings. The molecule has 1 unspecified atom stereocenters. The molecule has 4 heterocycles. The number of nitrogens with one attached hydrogen (secondary N) is 1. The van der Waals surface area contributed by atoms with Crippen molar-refractivity contribution >= 4 is 81.1 Å². The predicted octanol–water partition coefficient (Wildman–Crippen LogP) is 0.0970. The van der Waals surface area contributed by atoms with E-state index < -0.39 is 46.5 Å². The number of carbonyl (C=O) groups is 4. The first-order valence-corrected chi connectivity index (χ1v) is 15.7. The molecular formula is C24H30N9O7S3+. The van der Waals surface area contributed by atoms with Crippen molar-refractivity contribution in [2.45, 2.75) is 55.9 Å². The Kier molecular flexibility index (Phi) is 9.35. The number of nitrogens with zero attached hydrogens (tertiary/aromatic N) is 5. The second-order valence-electron chi connectivity index (χ2n) is 9.86. The minimum atomic E-state index is -1.77. The Morgan fingerprint density at radius 1 is 1.28 bits per heavy atom. The number of oxime groups is 1. The topological polar surface area (TPSA) is 253 Å². The number of carboxylic acids is 2. The number of nitrogen functional groups attached to an aromatic ring is 3. The van der Waals surface area contributed by atoms with Gasteiger partial charge in [-0.15, -0.1) is 23.1 Å². The fourth-order valence-electron chi connectivity index (χ4n) is 4.06. The van der Waals surface area contributed by atoms with Crippen molar-refractivity contribution in [2.24, 2.45) is 5.16 Å². The second-order valence-corrected chi connectivity index (χ2v) is 12.8. The number of hydrogen-bond acceptors (Lipinski definition) is 14. The van der Waals surface area contributed by atoms with E-state index in [1.807, 2.05) is 6.92 Å². The van der Waals surface area contributed by atoms with Crippen molar-refractivity contribution in [3.8, 4) is 0 Å². The Morgan fingerprint density at radius 3 is 2.60 bits per heavy atom. The van der Waals surface area contributed by atoms with Crippen LogP contribution in [0.4, 0.5) is 16.8 Å². The highest BCUT2D eigenvalue weighted by molar-refractivity contribution is 8.01. The molecule has 0 aliphatic carbocycles. The number of carbonyl (C=O) groups excluding carboxylic acids is 2. The van der Waals surface area contributed by atoms with Gasteiger partial charge in [-0.2, -0.15) is 0 Å². The lowest BCUT2D eigenvalue weighted by atomic mass is 10.0. The van der Waals surface area contributed by atoms with Gasteiger partial charge in [0.1, 0.15) is 22.8 Å². The lowest BCUT2D eigenvalue weighted by molar-refractivity contribution is -0.723. The number of carboxylic acid groups (broad SMARTS) is 2. The number of fused-ring (bicyclic) bond motifs is 1. The summed E-state index contributed by atoms with van der Waals surface area (Å²) in [4.78, 5) is 64.9. The minimum absolute atomic E-state index is 0.0163. The van der Waals surface area contributed by atoms with Crippen molar-refractivity contribution in [1.29, 1.82) is 0 Å². The smallest absolute Gasteiger partial charge is 0.352 e. The molecule has 0 aromatic carbocycles. The van der Waals surface area contributed by atoms with E-state index in [1.165, 1.54) is 42.8 Å². The number of β-lactam (4-membered cyclic amide) rings is 1. The Morgan fingerprint density at radius 2 is 2.00 bits per heavy atom. The highest BCUT2D eigenvalue weighted by atomic mass is 32.2. The summed E-state index contributed by atoms with van der Waals surface area (Å²) in [5.74, 6) is -2.99.